The Bertz CT molecular complexity index is 544. The summed E-state index contributed by atoms with van der Waals surface area (Å²) in [5.41, 5.74) is 1.04. The van der Waals surface area contributed by atoms with E-state index in [2.05, 4.69) is 0 Å². The van der Waals surface area contributed by atoms with Gasteiger partial charge in [-0.3, -0.25) is 9.59 Å². The summed E-state index contributed by atoms with van der Waals surface area (Å²) in [6.45, 7) is 0.493. The number of likely N-dealkylation sites (tertiary alicyclic amines) is 1. The number of fused-ring (bicyclic) bond motifs is 2. The van der Waals surface area contributed by atoms with Crippen LogP contribution in [0.5, 0.6) is 0 Å². The van der Waals surface area contributed by atoms with Gasteiger partial charge < -0.3 is 4.90 Å². The number of carbonyl (C=O) groups excluding carboxylic acids is 2. The molecule has 3 rings (SSSR count). The average molecular weight is 312 g/mol. The first kappa shape index (κ1) is 13.9. The van der Waals surface area contributed by atoms with Gasteiger partial charge in [-0.05, 0) is 18.4 Å². The summed E-state index contributed by atoms with van der Waals surface area (Å²) in [6.07, 6.45) is 1.73. The number of nitrogens with zero attached hydrogens (tertiary/aromatic N) is 1. The van der Waals surface area contributed by atoms with Crippen LogP contribution in [-0.2, 0) is 16.1 Å². The van der Waals surface area contributed by atoms with Crippen molar-refractivity contribution in [1.29, 1.82) is 0 Å². The first-order chi connectivity index (χ1) is 9.50. The van der Waals surface area contributed by atoms with E-state index >= 15 is 0 Å². The predicted octanol–water partition coefficient (Wildman–Crippen LogP) is 2.94. The smallest absolute Gasteiger partial charge is 0.260 e. The molecule has 3 nitrogen and oxygen atoms in total. The zero-order chi connectivity index (χ0) is 14.3. The van der Waals surface area contributed by atoms with Gasteiger partial charge in [-0.25, -0.2) is 0 Å². The maximum atomic E-state index is 12.5. The first-order valence-corrected chi connectivity index (χ1v) is 7.51. The summed E-state index contributed by atoms with van der Waals surface area (Å²) in [7, 11) is 0. The zero-order valence-corrected chi connectivity index (χ0v) is 12.4. The van der Waals surface area contributed by atoms with E-state index in [1.807, 2.05) is 30.3 Å². The minimum absolute atomic E-state index is 0.0129. The van der Waals surface area contributed by atoms with Gasteiger partial charge in [0, 0.05) is 19.0 Å². The highest BCUT2D eigenvalue weighted by Gasteiger charge is 2.56. The number of hydrogen-bond acceptors (Lipinski definition) is 2. The van der Waals surface area contributed by atoms with E-state index in [1.165, 1.54) is 0 Å². The Morgan fingerprint density at radius 1 is 1.20 bits per heavy atom. The van der Waals surface area contributed by atoms with Crippen LogP contribution in [0, 0.1) is 5.92 Å². The average Bonchev–Trinajstić information content (AvgIpc) is 2.44. The van der Waals surface area contributed by atoms with Crippen molar-refractivity contribution in [2.24, 2.45) is 5.92 Å². The molecule has 2 atom stereocenters. The Morgan fingerprint density at radius 3 is 2.60 bits per heavy atom. The van der Waals surface area contributed by atoms with Crippen molar-refractivity contribution in [2.75, 3.05) is 0 Å². The SMILES string of the molecule is O=C1CC[C@H]2C[C@@H]1C(Cl)(Cl)C(=O)N2Cc1ccccc1. The lowest BCUT2D eigenvalue weighted by atomic mass is 9.77. The number of hydrogen-bond donors (Lipinski definition) is 0. The van der Waals surface area contributed by atoms with Gasteiger partial charge in [0.05, 0.1) is 5.92 Å². The summed E-state index contributed by atoms with van der Waals surface area (Å²) in [4.78, 5) is 26.1. The number of alkyl halides is 2. The van der Waals surface area contributed by atoms with Crippen LogP contribution in [0.4, 0.5) is 0 Å². The van der Waals surface area contributed by atoms with Crippen molar-refractivity contribution >= 4 is 34.9 Å². The molecule has 5 heteroatoms. The number of rotatable bonds is 2. The maximum Gasteiger partial charge on any atom is 0.260 e. The predicted molar refractivity (Wildman–Crippen MR) is 77.6 cm³/mol. The van der Waals surface area contributed by atoms with Crippen LogP contribution >= 0.6 is 23.2 Å². The number of halogens is 2. The van der Waals surface area contributed by atoms with E-state index in [0.717, 1.165) is 5.56 Å². The Hall–Kier alpha value is -1.06. The Balaban J connectivity index is 1.88. The van der Waals surface area contributed by atoms with Crippen molar-refractivity contribution in [2.45, 2.75) is 36.2 Å². The zero-order valence-electron chi connectivity index (χ0n) is 10.9. The molecule has 1 aromatic carbocycles. The van der Waals surface area contributed by atoms with Crippen LogP contribution in [0.1, 0.15) is 24.8 Å². The van der Waals surface area contributed by atoms with Gasteiger partial charge in [0.1, 0.15) is 5.78 Å². The molecule has 0 unspecified atom stereocenters. The summed E-state index contributed by atoms with van der Waals surface area (Å²) < 4.78 is -1.61. The molecule has 2 bridgehead atoms. The minimum atomic E-state index is -1.61. The van der Waals surface area contributed by atoms with Crippen molar-refractivity contribution in [3.63, 3.8) is 0 Å². The Kier molecular flexibility index (Phi) is 3.51. The third-order valence-electron chi connectivity index (χ3n) is 4.24. The Morgan fingerprint density at radius 2 is 1.90 bits per heavy atom. The van der Waals surface area contributed by atoms with Gasteiger partial charge in [-0.2, -0.15) is 0 Å². The van der Waals surface area contributed by atoms with Gasteiger partial charge in [-0.1, -0.05) is 53.5 Å². The van der Waals surface area contributed by atoms with E-state index < -0.39 is 10.3 Å². The summed E-state index contributed by atoms with van der Waals surface area (Å²) in [5, 5.41) is 0. The van der Waals surface area contributed by atoms with Gasteiger partial charge in [0.15, 0.2) is 0 Å². The maximum absolute atomic E-state index is 12.5. The quantitative estimate of drug-likeness (QED) is 0.788. The number of ketones is 1. The van der Waals surface area contributed by atoms with E-state index in [1.54, 1.807) is 4.90 Å². The van der Waals surface area contributed by atoms with E-state index in [-0.39, 0.29) is 17.7 Å². The fourth-order valence-electron chi connectivity index (χ4n) is 3.13. The fourth-order valence-corrected chi connectivity index (χ4v) is 3.76. The molecule has 1 heterocycles. The summed E-state index contributed by atoms with van der Waals surface area (Å²) in [5.74, 6) is -0.873. The molecule has 0 N–H and O–H groups in total. The second-order valence-electron chi connectivity index (χ2n) is 5.49. The second-order valence-corrected chi connectivity index (χ2v) is 6.87. The highest BCUT2D eigenvalue weighted by Crippen LogP contribution is 2.46. The van der Waals surface area contributed by atoms with E-state index in [0.29, 0.717) is 25.8 Å². The molecule has 1 aliphatic carbocycles. The highest BCUT2D eigenvalue weighted by molar-refractivity contribution is 6.59. The monoisotopic (exact) mass is 311 g/mol. The lowest BCUT2D eigenvalue weighted by Crippen LogP contribution is -2.60. The molecule has 0 radical (unpaired) electrons. The van der Waals surface area contributed by atoms with E-state index in [9.17, 15) is 9.59 Å². The first-order valence-electron chi connectivity index (χ1n) is 6.75. The molecular weight excluding hydrogens is 297 g/mol. The third kappa shape index (κ3) is 2.23. The summed E-state index contributed by atoms with van der Waals surface area (Å²) in [6, 6.07) is 9.81. The molecule has 1 amide bonds. The normalized spacial score (nSPS) is 28.6. The molecule has 1 saturated carbocycles. The van der Waals surface area contributed by atoms with Crippen LogP contribution < -0.4 is 0 Å². The number of carbonyl (C=O) groups is 2. The van der Waals surface area contributed by atoms with Gasteiger partial charge in [0.2, 0.25) is 4.33 Å². The van der Waals surface area contributed by atoms with Crippen molar-refractivity contribution in [1.82, 2.24) is 4.90 Å². The van der Waals surface area contributed by atoms with Crippen LogP contribution in [0.25, 0.3) is 0 Å². The molecule has 106 valence electrons. The number of amides is 1. The van der Waals surface area contributed by atoms with Crippen molar-refractivity contribution < 1.29 is 9.59 Å². The topological polar surface area (TPSA) is 37.4 Å². The lowest BCUT2D eigenvalue weighted by molar-refractivity contribution is -0.148. The van der Waals surface area contributed by atoms with Gasteiger partial charge >= 0.3 is 0 Å². The minimum Gasteiger partial charge on any atom is -0.333 e. The van der Waals surface area contributed by atoms with Crippen LogP contribution in [-0.4, -0.2) is 27.0 Å². The molecule has 2 aliphatic rings. The standard InChI is InChI=1S/C15H15Cl2NO2/c16-15(17)12-8-11(6-7-13(12)19)18(14(15)20)9-10-4-2-1-3-5-10/h1-5,11-12H,6-9H2/t11-,12-/m0/s1. The molecule has 0 aromatic heterocycles. The molecule has 0 spiro atoms. The molecule has 1 aromatic rings. The molecule has 1 aliphatic heterocycles. The number of Topliss-reactive ketones (excluding diaryl/α,β-unsaturated/α-hetero) is 1. The summed E-state index contributed by atoms with van der Waals surface area (Å²) >= 11 is 12.4. The third-order valence-corrected chi connectivity index (χ3v) is 5.09. The molecule has 1 saturated heterocycles. The Labute approximate surface area is 127 Å². The molecule has 20 heavy (non-hydrogen) atoms. The largest absolute Gasteiger partial charge is 0.333 e. The van der Waals surface area contributed by atoms with Crippen molar-refractivity contribution in [3.05, 3.63) is 35.9 Å². The van der Waals surface area contributed by atoms with Crippen LogP contribution in [0.15, 0.2) is 30.3 Å². The van der Waals surface area contributed by atoms with E-state index in [4.69, 9.17) is 23.2 Å². The fraction of sp³-hybridized carbons (Fsp3) is 0.467. The number of piperidine rings is 1. The highest BCUT2D eigenvalue weighted by atomic mass is 35.5. The molecular formula is C15H15Cl2NO2. The van der Waals surface area contributed by atoms with Crippen LogP contribution in [0.3, 0.4) is 0 Å². The van der Waals surface area contributed by atoms with Gasteiger partial charge in [-0.15, -0.1) is 0 Å². The lowest BCUT2D eigenvalue weighted by Gasteiger charge is -2.47. The molecule has 2 fully saturated rings. The number of benzene rings is 1. The van der Waals surface area contributed by atoms with Crippen LogP contribution in [0.2, 0.25) is 0 Å². The van der Waals surface area contributed by atoms with Gasteiger partial charge in [0.25, 0.3) is 5.91 Å². The van der Waals surface area contributed by atoms with Crippen molar-refractivity contribution in [3.8, 4) is 0 Å². The second kappa shape index (κ2) is 5.05.